The zero-order chi connectivity index (χ0) is 11.4. The summed E-state index contributed by atoms with van der Waals surface area (Å²) >= 11 is 1.56. The summed E-state index contributed by atoms with van der Waals surface area (Å²) in [5.74, 6) is 0.945. The molecule has 2 N–H and O–H groups in total. The monoisotopic (exact) mass is 235 g/mol. The molecule has 2 rings (SSSR count). The molecule has 0 atom stereocenters. The number of carbonyl (C=O) groups excluding carboxylic acids is 1. The Morgan fingerprint density at radius 3 is 2.69 bits per heavy atom. The van der Waals surface area contributed by atoms with Crippen molar-refractivity contribution in [3.8, 4) is 0 Å². The van der Waals surface area contributed by atoms with E-state index in [1.54, 1.807) is 11.8 Å². The van der Waals surface area contributed by atoms with E-state index in [0.717, 1.165) is 18.0 Å². The fraction of sp³-hybridized carbons (Fsp3) is 0.273. The van der Waals surface area contributed by atoms with Gasteiger partial charge in [-0.3, -0.25) is 10.3 Å². The highest BCUT2D eigenvalue weighted by molar-refractivity contribution is 8.14. The van der Waals surface area contributed by atoms with Crippen LogP contribution in [-0.4, -0.2) is 23.5 Å². The van der Waals surface area contributed by atoms with Crippen molar-refractivity contribution in [1.82, 2.24) is 5.32 Å². The average Bonchev–Trinajstić information content (AvgIpc) is 2.74. The topological polar surface area (TPSA) is 53.5 Å². The summed E-state index contributed by atoms with van der Waals surface area (Å²) in [7, 11) is 0. The van der Waals surface area contributed by atoms with Crippen molar-refractivity contribution in [1.29, 1.82) is 0 Å². The Morgan fingerprint density at radius 1 is 1.31 bits per heavy atom. The van der Waals surface area contributed by atoms with E-state index >= 15 is 0 Å². The number of hydrogen-bond acceptors (Lipinski definition) is 3. The van der Waals surface area contributed by atoms with Gasteiger partial charge in [0.15, 0.2) is 5.17 Å². The number of anilines is 1. The van der Waals surface area contributed by atoms with Crippen LogP contribution in [0.4, 0.5) is 10.5 Å². The average molecular weight is 235 g/mol. The normalized spacial score (nSPS) is 14.4. The van der Waals surface area contributed by atoms with Gasteiger partial charge in [0.25, 0.3) is 0 Å². The van der Waals surface area contributed by atoms with Gasteiger partial charge in [0.05, 0.1) is 6.54 Å². The highest BCUT2D eigenvalue weighted by atomic mass is 32.2. The lowest BCUT2D eigenvalue weighted by atomic mass is 10.2. The minimum atomic E-state index is -0.239. The second-order valence-corrected chi connectivity index (χ2v) is 4.56. The maximum Gasteiger partial charge on any atom is 0.325 e. The minimum Gasteiger partial charge on any atom is -0.308 e. The van der Waals surface area contributed by atoms with Crippen LogP contribution in [0, 0.1) is 6.92 Å². The van der Waals surface area contributed by atoms with Crippen molar-refractivity contribution in [2.45, 2.75) is 6.92 Å². The maximum absolute atomic E-state index is 11.5. The zero-order valence-corrected chi connectivity index (χ0v) is 9.80. The summed E-state index contributed by atoms with van der Waals surface area (Å²) in [4.78, 5) is 15.7. The predicted molar refractivity (Wildman–Crippen MR) is 68.1 cm³/mol. The van der Waals surface area contributed by atoms with Crippen LogP contribution >= 0.6 is 11.8 Å². The molecule has 1 aromatic rings. The third kappa shape index (κ3) is 3.00. The fourth-order valence-corrected chi connectivity index (χ4v) is 2.03. The third-order valence-electron chi connectivity index (χ3n) is 2.12. The Hall–Kier alpha value is -1.49. The summed E-state index contributed by atoms with van der Waals surface area (Å²) in [5.41, 5.74) is 1.95. The van der Waals surface area contributed by atoms with Crippen LogP contribution in [-0.2, 0) is 0 Å². The molecule has 0 bridgehead atoms. The van der Waals surface area contributed by atoms with Crippen molar-refractivity contribution in [3.05, 3.63) is 29.8 Å². The highest BCUT2D eigenvalue weighted by Crippen LogP contribution is 2.10. The first-order chi connectivity index (χ1) is 7.74. The molecular weight excluding hydrogens is 222 g/mol. The fourth-order valence-electron chi connectivity index (χ4n) is 1.31. The van der Waals surface area contributed by atoms with Gasteiger partial charge in [-0.15, -0.1) is 0 Å². The smallest absolute Gasteiger partial charge is 0.308 e. The molecule has 4 nitrogen and oxygen atoms in total. The number of nitrogens with zero attached hydrogens (tertiary/aromatic N) is 1. The maximum atomic E-state index is 11.5. The SMILES string of the molecule is Cc1ccc(NC(=O)NC2=NCCS2)cc1. The molecule has 1 heterocycles. The van der Waals surface area contributed by atoms with Gasteiger partial charge < -0.3 is 5.32 Å². The van der Waals surface area contributed by atoms with E-state index in [2.05, 4.69) is 15.6 Å². The van der Waals surface area contributed by atoms with E-state index in [1.807, 2.05) is 31.2 Å². The summed E-state index contributed by atoms with van der Waals surface area (Å²) in [6.07, 6.45) is 0. The van der Waals surface area contributed by atoms with E-state index in [4.69, 9.17) is 0 Å². The molecule has 16 heavy (non-hydrogen) atoms. The molecule has 0 spiro atoms. The molecule has 5 heteroatoms. The number of hydrogen-bond donors (Lipinski definition) is 2. The molecule has 0 unspecified atom stereocenters. The van der Waals surface area contributed by atoms with Gasteiger partial charge >= 0.3 is 6.03 Å². The predicted octanol–water partition coefficient (Wildman–Crippen LogP) is 2.22. The zero-order valence-electron chi connectivity index (χ0n) is 8.99. The molecule has 0 fully saturated rings. The number of amides is 2. The standard InChI is InChI=1S/C11H13N3OS/c1-8-2-4-9(5-3-8)13-10(15)14-11-12-6-7-16-11/h2-5H,6-7H2,1H3,(H2,12,13,14,15). The molecular formula is C11H13N3OS. The van der Waals surface area contributed by atoms with E-state index < -0.39 is 0 Å². The second-order valence-electron chi connectivity index (χ2n) is 3.48. The Balaban J connectivity index is 1.89. The van der Waals surface area contributed by atoms with Gasteiger partial charge in [-0.1, -0.05) is 29.5 Å². The molecule has 2 amide bonds. The molecule has 1 aliphatic rings. The van der Waals surface area contributed by atoms with Crippen LogP contribution in [0.5, 0.6) is 0 Å². The Labute approximate surface area is 98.5 Å². The molecule has 0 radical (unpaired) electrons. The largest absolute Gasteiger partial charge is 0.325 e. The summed E-state index contributed by atoms with van der Waals surface area (Å²) in [6.45, 7) is 2.79. The lowest BCUT2D eigenvalue weighted by molar-refractivity contribution is 0.256. The summed E-state index contributed by atoms with van der Waals surface area (Å²) in [5, 5.41) is 6.16. The number of aryl methyl sites for hydroxylation is 1. The number of carbonyl (C=O) groups is 1. The minimum absolute atomic E-state index is 0.239. The van der Waals surface area contributed by atoms with Crippen molar-refractivity contribution >= 4 is 28.6 Å². The number of nitrogens with one attached hydrogen (secondary N) is 2. The van der Waals surface area contributed by atoms with E-state index in [9.17, 15) is 4.79 Å². The van der Waals surface area contributed by atoms with Crippen LogP contribution < -0.4 is 10.6 Å². The number of amidine groups is 1. The van der Waals surface area contributed by atoms with E-state index in [1.165, 1.54) is 5.56 Å². The molecule has 0 aliphatic carbocycles. The van der Waals surface area contributed by atoms with Gasteiger partial charge in [-0.05, 0) is 19.1 Å². The first-order valence-electron chi connectivity index (χ1n) is 5.06. The number of aliphatic imine (C=N–C) groups is 1. The van der Waals surface area contributed by atoms with Gasteiger partial charge in [-0.2, -0.15) is 0 Å². The summed E-state index contributed by atoms with van der Waals surface area (Å²) in [6, 6.07) is 7.42. The number of benzene rings is 1. The quantitative estimate of drug-likeness (QED) is 0.784. The molecule has 84 valence electrons. The number of thioether (sulfide) groups is 1. The molecule has 1 aliphatic heterocycles. The van der Waals surface area contributed by atoms with Crippen LogP contribution in [0.3, 0.4) is 0 Å². The molecule has 0 saturated heterocycles. The Bertz CT molecular complexity index is 414. The van der Waals surface area contributed by atoms with Crippen molar-refractivity contribution in [2.24, 2.45) is 4.99 Å². The third-order valence-corrected chi connectivity index (χ3v) is 3.01. The Kier molecular flexibility index (Phi) is 3.46. The van der Waals surface area contributed by atoms with Crippen LogP contribution in [0.25, 0.3) is 0 Å². The Morgan fingerprint density at radius 2 is 2.06 bits per heavy atom. The molecule has 1 aromatic carbocycles. The van der Waals surface area contributed by atoms with Gasteiger partial charge in [0.2, 0.25) is 0 Å². The lowest BCUT2D eigenvalue weighted by Crippen LogP contribution is -2.31. The van der Waals surface area contributed by atoms with Crippen molar-refractivity contribution < 1.29 is 4.79 Å². The summed E-state index contributed by atoms with van der Waals surface area (Å²) < 4.78 is 0. The number of urea groups is 1. The van der Waals surface area contributed by atoms with Crippen molar-refractivity contribution in [3.63, 3.8) is 0 Å². The van der Waals surface area contributed by atoms with Crippen LogP contribution in [0.1, 0.15) is 5.56 Å². The van der Waals surface area contributed by atoms with E-state index in [-0.39, 0.29) is 6.03 Å². The lowest BCUT2D eigenvalue weighted by Gasteiger charge is -2.06. The molecule has 0 aromatic heterocycles. The highest BCUT2D eigenvalue weighted by Gasteiger charge is 2.10. The molecule has 0 saturated carbocycles. The van der Waals surface area contributed by atoms with Crippen LogP contribution in [0.2, 0.25) is 0 Å². The van der Waals surface area contributed by atoms with Gasteiger partial charge in [-0.25, -0.2) is 4.79 Å². The first-order valence-corrected chi connectivity index (χ1v) is 6.04. The number of rotatable bonds is 1. The van der Waals surface area contributed by atoms with Crippen LogP contribution in [0.15, 0.2) is 29.3 Å². The van der Waals surface area contributed by atoms with Gasteiger partial charge in [0, 0.05) is 11.4 Å². The van der Waals surface area contributed by atoms with E-state index in [0.29, 0.717) is 5.17 Å². The van der Waals surface area contributed by atoms with Crippen molar-refractivity contribution in [2.75, 3.05) is 17.6 Å². The second kappa shape index (κ2) is 5.03. The first kappa shape index (κ1) is 11.0. The van der Waals surface area contributed by atoms with Gasteiger partial charge in [0.1, 0.15) is 0 Å².